The first kappa shape index (κ1) is 17.3. The maximum absolute atomic E-state index is 12.2. The number of hydrogen-bond acceptors (Lipinski definition) is 3. The summed E-state index contributed by atoms with van der Waals surface area (Å²) in [5.74, 6) is -0.532. The Morgan fingerprint density at radius 3 is 2.61 bits per heavy atom. The highest BCUT2D eigenvalue weighted by Gasteiger charge is 2.18. The van der Waals surface area contributed by atoms with Gasteiger partial charge in [-0.3, -0.25) is 9.59 Å². The molecule has 120 valence electrons. The molecule has 1 atom stereocenters. The third-order valence-electron chi connectivity index (χ3n) is 3.02. The fourth-order valence-corrected chi connectivity index (χ4v) is 2.63. The summed E-state index contributed by atoms with van der Waals surface area (Å²) in [4.78, 5) is 23.6. The van der Waals surface area contributed by atoms with E-state index in [1.54, 1.807) is 49.4 Å². The van der Waals surface area contributed by atoms with E-state index in [1.165, 1.54) is 0 Å². The molecule has 2 amide bonds. The lowest BCUT2D eigenvalue weighted by Crippen LogP contribution is -2.31. The molecule has 0 unspecified atom stereocenters. The summed E-state index contributed by atoms with van der Waals surface area (Å²) >= 11 is 9.18. The summed E-state index contributed by atoms with van der Waals surface area (Å²) in [6, 6.07) is 11.5. The fraction of sp³-hybridized carbons (Fsp3) is 0.125. The molecule has 0 bridgehead atoms. The molecular formula is C16H14BrClN2O3. The van der Waals surface area contributed by atoms with Gasteiger partial charge in [0.1, 0.15) is 5.75 Å². The highest BCUT2D eigenvalue weighted by Crippen LogP contribution is 2.29. The van der Waals surface area contributed by atoms with Crippen molar-refractivity contribution in [1.82, 2.24) is 0 Å². The molecule has 0 radical (unpaired) electrons. The third-order valence-corrected chi connectivity index (χ3v) is 3.87. The van der Waals surface area contributed by atoms with E-state index in [0.29, 0.717) is 20.9 Å². The monoisotopic (exact) mass is 396 g/mol. The predicted octanol–water partition coefficient (Wildman–Crippen LogP) is 3.61. The van der Waals surface area contributed by atoms with Gasteiger partial charge in [0.2, 0.25) is 0 Å². The van der Waals surface area contributed by atoms with E-state index in [2.05, 4.69) is 21.2 Å². The van der Waals surface area contributed by atoms with Crippen LogP contribution in [0.5, 0.6) is 5.75 Å². The zero-order valence-corrected chi connectivity index (χ0v) is 14.5. The summed E-state index contributed by atoms with van der Waals surface area (Å²) in [6.07, 6.45) is -0.784. The Morgan fingerprint density at radius 1 is 1.26 bits per heavy atom. The van der Waals surface area contributed by atoms with Gasteiger partial charge in [0.05, 0.1) is 15.7 Å². The second-order valence-electron chi connectivity index (χ2n) is 4.73. The molecule has 7 heteroatoms. The van der Waals surface area contributed by atoms with Crippen molar-refractivity contribution < 1.29 is 14.3 Å². The maximum atomic E-state index is 12.2. The van der Waals surface area contributed by atoms with Crippen molar-refractivity contribution in [1.29, 1.82) is 0 Å². The molecule has 0 aliphatic carbocycles. The molecule has 5 nitrogen and oxygen atoms in total. The summed E-state index contributed by atoms with van der Waals surface area (Å²) in [7, 11) is 0. The first-order valence-electron chi connectivity index (χ1n) is 6.70. The van der Waals surface area contributed by atoms with E-state index in [-0.39, 0.29) is 5.56 Å². The quantitative estimate of drug-likeness (QED) is 0.808. The van der Waals surface area contributed by atoms with Crippen LogP contribution in [0.15, 0.2) is 46.9 Å². The Hall–Kier alpha value is -2.05. The van der Waals surface area contributed by atoms with Crippen LogP contribution in [0, 0.1) is 0 Å². The lowest BCUT2D eigenvalue weighted by Gasteiger charge is -2.16. The smallest absolute Gasteiger partial charge is 0.265 e. The highest BCUT2D eigenvalue weighted by molar-refractivity contribution is 9.10. The molecule has 0 fully saturated rings. The van der Waals surface area contributed by atoms with Crippen LogP contribution in [-0.2, 0) is 4.79 Å². The fourth-order valence-electron chi connectivity index (χ4n) is 1.86. The van der Waals surface area contributed by atoms with Gasteiger partial charge in [0.15, 0.2) is 6.10 Å². The number of amides is 2. The number of primary amides is 1. The van der Waals surface area contributed by atoms with Gasteiger partial charge in [-0.1, -0.05) is 23.7 Å². The van der Waals surface area contributed by atoms with Gasteiger partial charge in [-0.2, -0.15) is 0 Å². The van der Waals surface area contributed by atoms with Crippen LogP contribution in [0.1, 0.15) is 17.3 Å². The minimum atomic E-state index is -0.784. The van der Waals surface area contributed by atoms with Crippen LogP contribution in [-0.4, -0.2) is 17.9 Å². The van der Waals surface area contributed by atoms with Gasteiger partial charge < -0.3 is 15.8 Å². The SMILES string of the molecule is C[C@@H](Oc1ccc(Cl)cc1Br)C(=O)Nc1ccccc1C(N)=O. The standard InChI is InChI=1S/C16H14BrClN2O3/c1-9(23-14-7-6-10(18)8-12(14)17)16(22)20-13-5-3-2-4-11(13)15(19)21/h2-9H,1H3,(H2,19,21)(H,20,22)/t9-/m1/s1. The maximum Gasteiger partial charge on any atom is 0.265 e. The van der Waals surface area contributed by atoms with Crippen molar-refractivity contribution in [3.8, 4) is 5.75 Å². The number of benzene rings is 2. The Morgan fingerprint density at radius 2 is 1.96 bits per heavy atom. The van der Waals surface area contributed by atoms with Gasteiger partial charge in [0.25, 0.3) is 11.8 Å². The lowest BCUT2D eigenvalue weighted by atomic mass is 10.1. The molecule has 2 aromatic rings. The van der Waals surface area contributed by atoms with Crippen LogP contribution in [0.25, 0.3) is 0 Å². The van der Waals surface area contributed by atoms with Crippen molar-refractivity contribution in [2.24, 2.45) is 5.73 Å². The van der Waals surface area contributed by atoms with Crippen LogP contribution in [0.4, 0.5) is 5.69 Å². The number of para-hydroxylation sites is 1. The molecule has 0 heterocycles. The molecular weight excluding hydrogens is 384 g/mol. The topological polar surface area (TPSA) is 81.4 Å². The van der Waals surface area contributed by atoms with E-state index >= 15 is 0 Å². The number of ether oxygens (including phenoxy) is 1. The molecule has 0 saturated carbocycles. The van der Waals surface area contributed by atoms with Crippen LogP contribution >= 0.6 is 27.5 Å². The van der Waals surface area contributed by atoms with E-state index < -0.39 is 17.9 Å². The predicted molar refractivity (Wildman–Crippen MR) is 92.8 cm³/mol. The average Bonchev–Trinajstić information content (AvgIpc) is 2.50. The van der Waals surface area contributed by atoms with Gasteiger partial charge in [0, 0.05) is 5.02 Å². The molecule has 0 aliphatic heterocycles. The normalized spacial score (nSPS) is 11.6. The second-order valence-corrected chi connectivity index (χ2v) is 6.02. The number of carbonyl (C=O) groups is 2. The number of rotatable bonds is 5. The Labute approximate surface area is 146 Å². The molecule has 2 rings (SSSR count). The van der Waals surface area contributed by atoms with Crippen molar-refractivity contribution in [2.45, 2.75) is 13.0 Å². The first-order valence-corrected chi connectivity index (χ1v) is 7.87. The summed E-state index contributed by atoms with van der Waals surface area (Å²) in [5.41, 5.74) is 5.86. The highest BCUT2D eigenvalue weighted by atomic mass is 79.9. The molecule has 0 aliphatic rings. The Balaban J connectivity index is 2.10. The van der Waals surface area contributed by atoms with E-state index in [1.807, 2.05) is 0 Å². The number of anilines is 1. The zero-order chi connectivity index (χ0) is 17.0. The molecule has 0 aromatic heterocycles. The van der Waals surface area contributed by atoms with Crippen molar-refractivity contribution in [3.63, 3.8) is 0 Å². The zero-order valence-electron chi connectivity index (χ0n) is 12.2. The minimum absolute atomic E-state index is 0.237. The molecule has 0 saturated heterocycles. The number of nitrogens with two attached hydrogens (primary N) is 1. The number of halogens is 2. The number of hydrogen-bond donors (Lipinski definition) is 2. The first-order chi connectivity index (χ1) is 10.9. The van der Waals surface area contributed by atoms with Crippen molar-refractivity contribution >= 4 is 45.0 Å². The summed E-state index contributed by atoms with van der Waals surface area (Å²) < 4.78 is 6.24. The minimum Gasteiger partial charge on any atom is -0.480 e. The van der Waals surface area contributed by atoms with E-state index in [4.69, 9.17) is 22.1 Å². The third kappa shape index (κ3) is 4.46. The number of nitrogens with one attached hydrogen (secondary N) is 1. The van der Waals surface area contributed by atoms with Gasteiger partial charge in [-0.25, -0.2) is 0 Å². The van der Waals surface area contributed by atoms with E-state index in [9.17, 15) is 9.59 Å². The molecule has 0 spiro atoms. The van der Waals surface area contributed by atoms with Gasteiger partial charge in [-0.15, -0.1) is 0 Å². The van der Waals surface area contributed by atoms with Crippen LogP contribution in [0.2, 0.25) is 5.02 Å². The average molecular weight is 398 g/mol. The van der Waals surface area contributed by atoms with Crippen molar-refractivity contribution in [2.75, 3.05) is 5.32 Å². The van der Waals surface area contributed by atoms with Crippen LogP contribution in [0.3, 0.4) is 0 Å². The van der Waals surface area contributed by atoms with Gasteiger partial charge >= 0.3 is 0 Å². The van der Waals surface area contributed by atoms with Crippen molar-refractivity contribution in [3.05, 3.63) is 57.5 Å². The second kappa shape index (κ2) is 7.48. The summed E-state index contributed by atoms with van der Waals surface area (Å²) in [6.45, 7) is 1.60. The van der Waals surface area contributed by atoms with Crippen LogP contribution < -0.4 is 15.8 Å². The Bertz CT molecular complexity index is 752. The molecule has 2 aromatic carbocycles. The number of carbonyl (C=O) groups excluding carboxylic acids is 2. The van der Waals surface area contributed by atoms with E-state index in [0.717, 1.165) is 0 Å². The largest absolute Gasteiger partial charge is 0.480 e. The molecule has 23 heavy (non-hydrogen) atoms. The van der Waals surface area contributed by atoms with Gasteiger partial charge in [-0.05, 0) is 53.2 Å². The molecule has 3 N–H and O–H groups in total. The lowest BCUT2D eigenvalue weighted by molar-refractivity contribution is -0.122. The summed E-state index contributed by atoms with van der Waals surface area (Å²) in [5, 5.41) is 3.19. The Kier molecular flexibility index (Phi) is 5.63.